The van der Waals surface area contributed by atoms with Crippen LogP contribution in [-0.2, 0) is 0 Å². The van der Waals surface area contributed by atoms with Crippen molar-refractivity contribution in [3.8, 4) is 5.88 Å². The normalized spacial score (nSPS) is 19.7. The first kappa shape index (κ1) is 19.1. The van der Waals surface area contributed by atoms with Crippen LogP contribution in [-0.4, -0.2) is 30.7 Å². The number of aromatic nitrogens is 1. The summed E-state index contributed by atoms with van der Waals surface area (Å²) in [4.78, 5) is 17.2. The van der Waals surface area contributed by atoms with E-state index < -0.39 is 11.6 Å². The fourth-order valence-corrected chi connectivity index (χ4v) is 2.90. The van der Waals surface area contributed by atoms with Crippen molar-refractivity contribution < 1.29 is 14.7 Å². The van der Waals surface area contributed by atoms with E-state index in [1.54, 1.807) is 13.1 Å². The molecule has 0 saturated heterocycles. The Morgan fingerprint density at radius 1 is 1.35 bits per heavy atom. The van der Waals surface area contributed by atoms with E-state index in [2.05, 4.69) is 15.7 Å². The van der Waals surface area contributed by atoms with Crippen molar-refractivity contribution in [1.82, 2.24) is 15.7 Å². The summed E-state index contributed by atoms with van der Waals surface area (Å²) in [6.45, 7) is 6.42. The molecule has 1 aromatic rings. The topological polar surface area (TPSA) is 90.8 Å². The quantitative estimate of drug-likeness (QED) is 0.480. The molecule has 0 aromatic carbocycles. The van der Waals surface area contributed by atoms with Crippen LogP contribution in [0.5, 0.6) is 5.88 Å². The first-order chi connectivity index (χ1) is 12.3. The molecule has 3 rings (SSSR count). The summed E-state index contributed by atoms with van der Waals surface area (Å²) >= 11 is 0. The van der Waals surface area contributed by atoms with Gasteiger partial charge in [0.15, 0.2) is 6.17 Å². The summed E-state index contributed by atoms with van der Waals surface area (Å²) in [5, 5.41) is 14.8. The van der Waals surface area contributed by atoms with E-state index in [0.29, 0.717) is 30.0 Å². The predicted molar refractivity (Wildman–Crippen MR) is 98.5 cm³/mol. The molecule has 7 nitrogen and oxygen atoms in total. The number of quaternary nitrogens is 1. The minimum absolute atomic E-state index is 0.217. The predicted octanol–water partition coefficient (Wildman–Crippen LogP) is 1.37. The second kappa shape index (κ2) is 7.50. The SMILES string of the molecule is CN[NH+]([O-])[C@@H](NC(=O)c1ccc(C2CC2)c(OCC2CC2)n1)C(C)(C)C. The van der Waals surface area contributed by atoms with Gasteiger partial charge in [-0.05, 0) is 43.6 Å². The Morgan fingerprint density at radius 2 is 2.04 bits per heavy atom. The summed E-state index contributed by atoms with van der Waals surface area (Å²) in [6.07, 6.45) is 4.07. The Hall–Kier alpha value is -1.70. The van der Waals surface area contributed by atoms with E-state index in [9.17, 15) is 10.0 Å². The third-order valence-corrected chi connectivity index (χ3v) is 4.94. The van der Waals surface area contributed by atoms with Gasteiger partial charge in [-0.25, -0.2) is 4.98 Å². The van der Waals surface area contributed by atoms with Crippen molar-refractivity contribution in [3.05, 3.63) is 28.6 Å². The van der Waals surface area contributed by atoms with Gasteiger partial charge in [0, 0.05) is 18.0 Å². The second-order valence-corrected chi connectivity index (χ2v) is 8.51. The highest BCUT2D eigenvalue weighted by molar-refractivity contribution is 5.92. The molecule has 0 spiro atoms. The maximum atomic E-state index is 12.7. The lowest BCUT2D eigenvalue weighted by molar-refractivity contribution is -0.928. The molecule has 7 heteroatoms. The Balaban J connectivity index is 1.76. The van der Waals surface area contributed by atoms with Gasteiger partial charge in [-0.15, -0.1) is 0 Å². The molecular formula is C19H30N4O3. The second-order valence-electron chi connectivity index (χ2n) is 8.51. The van der Waals surface area contributed by atoms with Crippen LogP contribution >= 0.6 is 0 Å². The first-order valence-corrected chi connectivity index (χ1v) is 9.45. The number of pyridine rings is 1. The van der Waals surface area contributed by atoms with Gasteiger partial charge in [0.1, 0.15) is 5.69 Å². The van der Waals surface area contributed by atoms with E-state index in [-0.39, 0.29) is 11.1 Å². The highest BCUT2D eigenvalue weighted by Gasteiger charge is 2.34. The van der Waals surface area contributed by atoms with Crippen LogP contribution in [0.1, 0.15) is 68.4 Å². The van der Waals surface area contributed by atoms with E-state index >= 15 is 0 Å². The van der Waals surface area contributed by atoms with Crippen molar-refractivity contribution in [2.45, 2.75) is 58.5 Å². The molecule has 0 aliphatic heterocycles. The molecule has 26 heavy (non-hydrogen) atoms. The lowest BCUT2D eigenvalue weighted by atomic mass is 9.92. The highest BCUT2D eigenvalue weighted by atomic mass is 16.5. The molecule has 2 atom stereocenters. The summed E-state index contributed by atoms with van der Waals surface area (Å²) in [5.74, 6) is 1.35. The number of rotatable bonds is 8. The monoisotopic (exact) mass is 362 g/mol. The molecule has 1 heterocycles. The van der Waals surface area contributed by atoms with Gasteiger partial charge in [0.25, 0.3) is 5.91 Å². The van der Waals surface area contributed by atoms with Gasteiger partial charge in [-0.1, -0.05) is 26.8 Å². The minimum Gasteiger partial charge on any atom is -0.612 e. The van der Waals surface area contributed by atoms with Gasteiger partial charge < -0.3 is 9.94 Å². The Bertz CT molecular complexity index is 651. The van der Waals surface area contributed by atoms with Crippen LogP contribution in [0.25, 0.3) is 0 Å². The molecule has 2 fully saturated rings. The zero-order chi connectivity index (χ0) is 18.9. The van der Waals surface area contributed by atoms with Crippen molar-refractivity contribution in [3.63, 3.8) is 0 Å². The molecule has 1 amide bonds. The summed E-state index contributed by atoms with van der Waals surface area (Å²) < 4.78 is 5.92. The minimum atomic E-state index is -0.638. The molecule has 2 saturated carbocycles. The van der Waals surface area contributed by atoms with Crippen LogP contribution in [0.2, 0.25) is 0 Å². The zero-order valence-electron chi connectivity index (χ0n) is 16.1. The average molecular weight is 362 g/mol. The number of hydrogen-bond donors (Lipinski definition) is 3. The molecule has 2 aliphatic rings. The summed E-state index contributed by atoms with van der Waals surface area (Å²) in [7, 11) is 1.57. The number of nitrogens with one attached hydrogen (secondary N) is 3. The number of amides is 1. The lowest BCUT2D eigenvalue weighted by Gasteiger charge is -2.38. The van der Waals surface area contributed by atoms with E-state index in [1.807, 2.05) is 26.8 Å². The smallest absolute Gasteiger partial charge is 0.274 e. The molecule has 0 radical (unpaired) electrons. The first-order valence-electron chi connectivity index (χ1n) is 9.45. The standard InChI is InChI=1S/C19H30N4O3/c1-19(2,3)18(23(25)20-4)22-16(24)15-10-9-14(13-7-8-13)17(21-15)26-11-12-5-6-12/h9-10,12-13,18,20,23H,5-8,11H2,1-4H3,(H,22,24)/t18-/m1/s1. The summed E-state index contributed by atoms with van der Waals surface area (Å²) in [5.41, 5.74) is 3.59. The van der Waals surface area contributed by atoms with Gasteiger partial charge in [0.2, 0.25) is 5.88 Å². The molecule has 1 aromatic heterocycles. The van der Waals surface area contributed by atoms with Crippen LogP contribution in [0, 0.1) is 16.5 Å². The van der Waals surface area contributed by atoms with Gasteiger partial charge in [-0.3, -0.25) is 15.3 Å². The van der Waals surface area contributed by atoms with Crippen LogP contribution in [0.15, 0.2) is 12.1 Å². The molecule has 0 bridgehead atoms. The maximum absolute atomic E-state index is 12.7. The molecule has 2 aliphatic carbocycles. The fourth-order valence-electron chi connectivity index (χ4n) is 2.90. The molecule has 144 valence electrons. The van der Waals surface area contributed by atoms with Crippen LogP contribution in [0.3, 0.4) is 0 Å². The summed E-state index contributed by atoms with van der Waals surface area (Å²) in [6, 6.07) is 3.68. The highest BCUT2D eigenvalue weighted by Crippen LogP contribution is 2.44. The van der Waals surface area contributed by atoms with Gasteiger partial charge in [-0.2, -0.15) is 5.43 Å². The van der Waals surface area contributed by atoms with Gasteiger partial charge >= 0.3 is 0 Å². The van der Waals surface area contributed by atoms with Crippen molar-refractivity contribution >= 4 is 5.91 Å². The van der Waals surface area contributed by atoms with E-state index in [4.69, 9.17) is 4.74 Å². The van der Waals surface area contributed by atoms with E-state index in [0.717, 1.165) is 18.4 Å². The fraction of sp³-hybridized carbons (Fsp3) is 0.684. The van der Waals surface area contributed by atoms with Gasteiger partial charge in [0.05, 0.1) is 6.61 Å². The molecule has 1 unspecified atom stereocenters. The largest absolute Gasteiger partial charge is 0.612 e. The maximum Gasteiger partial charge on any atom is 0.274 e. The number of carbonyl (C=O) groups excluding carboxylic acids is 1. The average Bonchev–Trinajstić information content (AvgIpc) is 3.48. The van der Waals surface area contributed by atoms with Crippen molar-refractivity contribution in [2.75, 3.05) is 13.7 Å². The Kier molecular flexibility index (Phi) is 5.50. The number of ether oxygens (including phenoxy) is 1. The third kappa shape index (κ3) is 4.72. The Labute approximate surface area is 155 Å². The molecule has 3 N–H and O–H groups in total. The third-order valence-electron chi connectivity index (χ3n) is 4.94. The number of nitrogens with zero attached hydrogens (tertiary/aromatic N) is 1. The molecular weight excluding hydrogens is 332 g/mol. The number of hydrogen-bond acceptors (Lipinski definition) is 5. The van der Waals surface area contributed by atoms with Crippen molar-refractivity contribution in [2.24, 2.45) is 11.3 Å². The van der Waals surface area contributed by atoms with E-state index in [1.165, 1.54) is 12.8 Å². The van der Waals surface area contributed by atoms with Crippen LogP contribution in [0.4, 0.5) is 0 Å². The van der Waals surface area contributed by atoms with Crippen LogP contribution < -0.4 is 20.7 Å². The Morgan fingerprint density at radius 3 is 2.58 bits per heavy atom. The number of hydroxylamine groups is 1. The number of carbonyl (C=O) groups is 1. The van der Waals surface area contributed by atoms with Crippen molar-refractivity contribution in [1.29, 1.82) is 0 Å². The lowest BCUT2D eigenvalue weighted by Crippen LogP contribution is -3.20. The zero-order valence-corrected chi connectivity index (χ0v) is 16.1.